The normalized spacial score (nSPS) is 20.8. The van der Waals surface area contributed by atoms with Crippen molar-refractivity contribution < 1.29 is 9.59 Å². The average Bonchev–Trinajstić information content (AvgIpc) is 2.81. The highest BCUT2D eigenvalue weighted by molar-refractivity contribution is 6.06. The zero-order valence-corrected chi connectivity index (χ0v) is 17.8. The first-order valence-corrected chi connectivity index (χ1v) is 10.2. The second-order valence-electron chi connectivity index (χ2n) is 9.64. The summed E-state index contributed by atoms with van der Waals surface area (Å²) < 4.78 is 0. The van der Waals surface area contributed by atoms with Gasteiger partial charge in [-0.3, -0.25) is 14.6 Å². The Kier molecular flexibility index (Phi) is 5.82. The number of benzene rings is 1. The lowest BCUT2D eigenvalue weighted by molar-refractivity contribution is -0.130. The number of imide groups is 1. The van der Waals surface area contributed by atoms with E-state index in [-0.39, 0.29) is 23.4 Å². The monoisotopic (exact) mass is 386 g/mol. The molecule has 0 aromatic heterocycles. The Balaban J connectivity index is 1.57. The van der Waals surface area contributed by atoms with Crippen LogP contribution in [0.3, 0.4) is 0 Å². The zero-order valence-electron chi connectivity index (χ0n) is 17.8. The van der Waals surface area contributed by atoms with E-state index in [1.54, 1.807) is 13.8 Å². The molecule has 2 aliphatic heterocycles. The number of rotatable bonds is 6. The number of carbonyl (C=O) groups excluding carboxylic acids is 2. The van der Waals surface area contributed by atoms with E-state index in [4.69, 9.17) is 0 Å². The van der Waals surface area contributed by atoms with Gasteiger partial charge in [-0.15, -0.1) is 0 Å². The molecule has 154 valence electrons. The average molecular weight is 387 g/mol. The van der Waals surface area contributed by atoms with Crippen molar-refractivity contribution in [3.8, 4) is 0 Å². The second kappa shape index (κ2) is 7.84. The molecule has 6 heteroatoms. The van der Waals surface area contributed by atoms with Gasteiger partial charge in [-0.25, -0.2) is 4.79 Å². The topological polar surface area (TPSA) is 64.7 Å². The van der Waals surface area contributed by atoms with Crippen LogP contribution in [0.1, 0.15) is 45.7 Å². The number of urea groups is 1. The summed E-state index contributed by atoms with van der Waals surface area (Å²) in [4.78, 5) is 28.2. The predicted octanol–water partition coefficient (Wildman–Crippen LogP) is 2.38. The molecule has 0 bridgehead atoms. The van der Waals surface area contributed by atoms with Crippen molar-refractivity contribution in [2.24, 2.45) is 5.41 Å². The van der Waals surface area contributed by atoms with Crippen LogP contribution in [0, 0.1) is 5.41 Å². The van der Waals surface area contributed by atoms with Crippen LogP contribution >= 0.6 is 0 Å². The Bertz CT molecular complexity index is 738. The molecule has 0 aliphatic carbocycles. The maximum atomic E-state index is 12.4. The minimum Gasteiger partial charge on any atom is -0.324 e. The van der Waals surface area contributed by atoms with E-state index in [9.17, 15) is 9.59 Å². The third kappa shape index (κ3) is 4.55. The first kappa shape index (κ1) is 20.8. The number of amides is 3. The fourth-order valence-corrected chi connectivity index (χ4v) is 3.98. The van der Waals surface area contributed by atoms with Crippen molar-refractivity contribution >= 4 is 11.9 Å². The lowest BCUT2D eigenvalue weighted by Gasteiger charge is -2.38. The van der Waals surface area contributed by atoms with Crippen molar-refractivity contribution in [2.45, 2.75) is 59.2 Å². The molecule has 3 rings (SSSR count). The summed E-state index contributed by atoms with van der Waals surface area (Å²) in [6.45, 7) is 14.2. The van der Waals surface area contributed by atoms with Crippen LogP contribution in [0.2, 0.25) is 0 Å². The van der Waals surface area contributed by atoms with Crippen LogP contribution in [-0.4, -0.2) is 59.5 Å². The molecule has 0 radical (unpaired) electrons. The lowest BCUT2D eigenvalue weighted by atomic mass is 9.85. The first-order chi connectivity index (χ1) is 13.1. The molecule has 0 spiro atoms. The van der Waals surface area contributed by atoms with Crippen LogP contribution in [0.5, 0.6) is 0 Å². The van der Waals surface area contributed by atoms with E-state index in [2.05, 4.69) is 60.6 Å². The quantitative estimate of drug-likeness (QED) is 0.737. The van der Waals surface area contributed by atoms with Gasteiger partial charge < -0.3 is 10.6 Å². The summed E-state index contributed by atoms with van der Waals surface area (Å²) >= 11 is 0. The van der Waals surface area contributed by atoms with Gasteiger partial charge in [-0.1, -0.05) is 45.0 Å². The lowest BCUT2D eigenvalue weighted by Crippen LogP contribution is -2.51. The molecule has 6 nitrogen and oxygen atoms in total. The van der Waals surface area contributed by atoms with Gasteiger partial charge in [0, 0.05) is 38.8 Å². The number of nitrogens with zero attached hydrogens (tertiary/aromatic N) is 2. The van der Waals surface area contributed by atoms with Crippen LogP contribution in [0.4, 0.5) is 4.79 Å². The van der Waals surface area contributed by atoms with Crippen molar-refractivity contribution in [2.75, 3.05) is 26.2 Å². The molecule has 1 saturated heterocycles. The Labute approximate surface area is 168 Å². The highest BCUT2D eigenvalue weighted by Crippen LogP contribution is 2.24. The summed E-state index contributed by atoms with van der Waals surface area (Å²) in [5, 5.41) is 6.35. The SMILES string of the molecule is CC1(C)NC(=O)N(CCN[C@@H](CN2CCc3ccccc3C2)C(C)(C)C)C1=O. The van der Waals surface area contributed by atoms with E-state index in [0.29, 0.717) is 13.1 Å². The number of hydrogen-bond acceptors (Lipinski definition) is 4. The summed E-state index contributed by atoms with van der Waals surface area (Å²) in [7, 11) is 0. The third-order valence-corrected chi connectivity index (χ3v) is 5.87. The van der Waals surface area contributed by atoms with Crippen LogP contribution in [0.25, 0.3) is 0 Å². The predicted molar refractivity (Wildman–Crippen MR) is 111 cm³/mol. The molecule has 0 saturated carbocycles. The molecule has 2 N–H and O–H groups in total. The van der Waals surface area contributed by atoms with Crippen molar-refractivity contribution in [1.82, 2.24) is 20.4 Å². The van der Waals surface area contributed by atoms with Crippen LogP contribution < -0.4 is 10.6 Å². The van der Waals surface area contributed by atoms with E-state index >= 15 is 0 Å². The standard InChI is InChI=1S/C22H34N4O2/c1-21(2,3)18(15-25-12-10-16-8-6-7-9-17(16)14-25)23-11-13-26-19(27)22(4,5)24-20(26)28/h6-9,18,23H,10-15H2,1-5H3,(H,24,28)/t18-/m0/s1. The molecule has 0 unspecified atom stereocenters. The number of hydrogen-bond donors (Lipinski definition) is 2. The van der Waals surface area contributed by atoms with Gasteiger partial charge in [-0.05, 0) is 36.8 Å². The fraction of sp³-hybridized carbons (Fsp3) is 0.636. The van der Waals surface area contributed by atoms with Gasteiger partial charge in [0.25, 0.3) is 5.91 Å². The molecule has 2 heterocycles. The Hall–Kier alpha value is -1.92. The summed E-state index contributed by atoms with van der Waals surface area (Å²) in [5.41, 5.74) is 2.15. The van der Waals surface area contributed by atoms with Gasteiger partial charge >= 0.3 is 6.03 Å². The Morgan fingerprint density at radius 2 is 1.86 bits per heavy atom. The maximum Gasteiger partial charge on any atom is 0.325 e. The number of carbonyl (C=O) groups is 2. The number of nitrogens with one attached hydrogen (secondary N) is 2. The molecular formula is C22H34N4O2. The highest BCUT2D eigenvalue weighted by atomic mass is 16.2. The Morgan fingerprint density at radius 3 is 2.46 bits per heavy atom. The summed E-state index contributed by atoms with van der Waals surface area (Å²) in [6.07, 6.45) is 1.09. The molecule has 1 fully saturated rings. The van der Waals surface area contributed by atoms with Crippen LogP contribution in [0.15, 0.2) is 24.3 Å². The zero-order chi connectivity index (χ0) is 20.5. The largest absolute Gasteiger partial charge is 0.325 e. The molecule has 1 aromatic rings. The smallest absolute Gasteiger partial charge is 0.324 e. The summed E-state index contributed by atoms with van der Waals surface area (Å²) in [5.74, 6) is -0.153. The minimum atomic E-state index is -0.804. The second-order valence-corrected chi connectivity index (χ2v) is 9.64. The van der Waals surface area contributed by atoms with Gasteiger partial charge in [0.15, 0.2) is 0 Å². The molecule has 2 aliphatic rings. The molecule has 1 atom stereocenters. The highest BCUT2D eigenvalue weighted by Gasteiger charge is 2.43. The van der Waals surface area contributed by atoms with E-state index < -0.39 is 5.54 Å². The van der Waals surface area contributed by atoms with Gasteiger partial charge in [0.2, 0.25) is 0 Å². The van der Waals surface area contributed by atoms with E-state index in [0.717, 1.165) is 26.1 Å². The first-order valence-electron chi connectivity index (χ1n) is 10.2. The van der Waals surface area contributed by atoms with Crippen molar-refractivity contribution in [1.29, 1.82) is 0 Å². The Morgan fingerprint density at radius 1 is 1.18 bits per heavy atom. The third-order valence-electron chi connectivity index (χ3n) is 5.87. The molecule has 28 heavy (non-hydrogen) atoms. The van der Waals surface area contributed by atoms with Gasteiger partial charge in [0.05, 0.1) is 0 Å². The molecule has 1 aromatic carbocycles. The molecule has 3 amide bonds. The van der Waals surface area contributed by atoms with Gasteiger partial charge in [0.1, 0.15) is 5.54 Å². The fourth-order valence-electron chi connectivity index (χ4n) is 3.98. The minimum absolute atomic E-state index is 0.0769. The van der Waals surface area contributed by atoms with Crippen molar-refractivity contribution in [3.05, 3.63) is 35.4 Å². The van der Waals surface area contributed by atoms with Gasteiger partial charge in [-0.2, -0.15) is 0 Å². The molecular weight excluding hydrogens is 352 g/mol. The maximum absolute atomic E-state index is 12.4. The van der Waals surface area contributed by atoms with E-state index in [1.807, 2.05) is 0 Å². The van der Waals surface area contributed by atoms with E-state index in [1.165, 1.54) is 16.0 Å². The summed E-state index contributed by atoms with van der Waals surface area (Å²) in [6, 6.07) is 8.65. The number of fused-ring (bicyclic) bond motifs is 1. The van der Waals surface area contributed by atoms with Crippen LogP contribution in [-0.2, 0) is 17.8 Å². The van der Waals surface area contributed by atoms with Crippen molar-refractivity contribution in [3.63, 3.8) is 0 Å².